The fourth-order valence-electron chi connectivity index (χ4n) is 1.49. The zero-order chi connectivity index (χ0) is 10.9. The molecule has 1 heterocycles. The summed E-state index contributed by atoms with van der Waals surface area (Å²) in [6.07, 6.45) is 1.96. The lowest BCUT2D eigenvalue weighted by molar-refractivity contribution is 0.541. The topological polar surface area (TPSA) is 69.9 Å². The van der Waals surface area contributed by atoms with Gasteiger partial charge in [0.25, 0.3) is 0 Å². The summed E-state index contributed by atoms with van der Waals surface area (Å²) in [6.45, 7) is 6.83. The molecule has 0 aliphatic carbocycles. The number of nitrogens with two attached hydrogens (primary N) is 2. The van der Waals surface area contributed by atoms with E-state index in [1.807, 2.05) is 13.2 Å². The predicted octanol–water partition coefficient (Wildman–Crippen LogP) is 0.676. The highest BCUT2D eigenvalue weighted by Crippen LogP contribution is 2.26. The molecular weight excluding hydrogens is 176 g/mol. The first-order chi connectivity index (χ1) is 6.36. The zero-order valence-corrected chi connectivity index (χ0v) is 9.41. The lowest BCUT2D eigenvalue weighted by atomic mass is 9.88. The highest BCUT2D eigenvalue weighted by atomic mass is 15.3. The molecule has 0 aliphatic heterocycles. The van der Waals surface area contributed by atoms with Gasteiger partial charge in [0.2, 0.25) is 0 Å². The smallest absolute Gasteiger partial charge is 0.0726 e. The second kappa shape index (κ2) is 3.71. The van der Waals surface area contributed by atoms with E-state index >= 15 is 0 Å². The standard InChI is InChI=1S/C10H20N4/c1-10(2,3)9-7(8(12)5-11)6-14(4)13-9/h6,8H,5,11-12H2,1-4H3. The van der Waals surface area contributed by atoms with Crippen molar-refractivity contribution < 1.29 is 0 Å². The largest absolute Gasteiger partial charge is 0.329 e. The van der Waals surface area contributed by atoms with Crippen molar-refractivity contribution in [2.45, 2.75) is 32.2 Å². The van der Waals surface area contributed by atoms with Crippen LogP contribution in [0.25, 0.3) is 0 Å². The van der Waals surface area contributed by atoms with Crippen LogP contribution in [0.15, 0.2) is 6.20 Å². The molecular formula is C10H20N4. The summed E-state index contributed by atoms with van der Waals surface area (Å²) >= 11 is 0. The average molecular weight is 196 g/mol. The molecule has 0 bridgehead atoms. The molecule has 14 heavy (non-hydrogen) atoms. The van der Waals surface area contributed by atoms with Crippen molar-refractivity contribution in [2.75, 3.05) is 6.54 Å². The second-order valence-corrected chi connectivity index (χ2v) is 4.70. The number of aryl methyl sites for hydroxylation is 1. The minimum Gasteiger partial charge on any atom is -0.329 e. The van der Waals surface area contributed by atoms with Crippen LogP contribution in [-0.4, -0.2) is 16.3 Å². The Balaban J connectivity index is 3.16. The van der Waals surface area contributed by atoms with Crippen molar-refractivity contribution in [1.82, 2.24) is 9.78 Å². The molecule has 1 aromatic heterocycles. The summed E-state index contributed by atoms with van der Waals surface area (Å²) in [5.41, 5.74) is 13.6. The van der Waals surface area contributed by atoms with Crippen LogP contribution in [0.5, 0.6) is 0 Å². The maximum absolute atomic E-state index is 5.93. The number of nitrogens with zero attached hydrogens (tertiary/aromatic N) is 2. The Bertz CT molecular complexity index is 308. The minimum atomic E-state index is -0.113. The molecule has 0 aliphatic rings. The molecule has 1 atom stereocenters. The van der Waals surface area contributed by atoms with E-state index in [9.17, 15) is 0 Å². The van der Waals surface area contributed by atoms with Crippen LogP contribution in [0, 0.1) is 0 Å². The van der Waals surface area contributed by atoms with Crippen LogP contribution < -0.4 is 11.5 Å². The molecule has 4 heteroatoms. The fraction of sp³-hybridized carbons (Fsp3) is 0.700. The van der Waals surface area contributed by atoms with Gasteiger partial charge in [-0.05, 0) is 0 Å². The highest BCUT2D eigenvalue weighted by molar-refractivity contribution is 5.27. The third-order valence-corrected chi connectivity index (χ3v) is 2.22. The Hall–Kier alpha value is -0.870. The fourth-order valence-corrected chi connectivity index (χ4v) is 1.49. The third kappa shape index (κ3) is 2.13. The summed E-state index contributed by atoms with van der Waals surface area (Å²) in [4.78, 5) is 0. The zero-order valence-electron chi connectivity index (χ0n) is 9.41. The summed E-state index contributed by atoms with van der Waals surface area (Å²) in [5, 5.41) is 4.43. The molecule has 4 nitrogen and oxygen atoms in total. The van der Waals surface area contributed by atoms with Gasteiger partial charge in [0.15, 0.2) is 0 Å². The van der Waals surface area contributed by atoms with E-state index in [0.29, 0.717) is 6.54 Å². The van der Waals surface area contributed by atoms with Crippen molar-refractivity contribution in [3.8, 4) is 0 Å². The number of rotatable bonds is 2. The molecule has 0 radical (unpaired) electrons. The normalized spacial score (nSPS) is 14.4. The van der Waals surface area contributed by atoms with Gasteiger partial charge in [0, 0.05) is 36.8 Å². The van der Waals surface area contributed by atoms with Crippen molar-refractivity contribution >= 4 is 0 Å². The van der Waals surface area contributed by atoms with Gasteiger partial charge in [-0.15, -0.1) is 0 Å². The Morgan fingerprint density at radius 2 is 2.07 bits per heavy atom. The maximum Gasteiger partial charge on any atom is 0.0726 e. The second-order valence-electron chi connectivity index (χ2n) is 4.70. The summed E-state index contributed by atoms with van der Waals surface area (Å²) < 4.78 is 1.80. The first-order valence-electron chi connectivity index (χ1n) is 4.86. The molecule has 0 spiro atoms. The molecule has 80 valence electrons. The summed E-state index contributed by atoms with van der Waals surface area (Å²) in [7, 11) is 1.90. The monoisotopic (exact) mass is 196 g/mol. The van der Waals surface area contributed by atoms with Crippen LogP contribution >= 0.6 is 0 Å². The van der Waals surface area contributed by atoms with E-state index in [1.54, 1.807) is 4.68 Å². The Morgan fingerprint density at radius 1 is 1.50 bits per heavy atom. The van der Waals surface area contributed by atoms with Crippen molar-refractivity contribution in [3.63, 3.8) is 0 Å². The third-order valence-electron chi connectivity index (χ3n) is 2.22. The first kappa shape index (κ1) is 11.2. The molecule has 0 aromatic carbocycles. The van der Waals surface area contributed by atoms with Crippen molar-refractivity contribution in [2.24, 2.45) is 18.5 Å². The Labute approximate surface area is 85.3 Å². The van der Waals surface area contributed by atoms with Crippen molar-refractivity contribution in [3.05, 3.63) is 17.5 Å². The van der Waals surface area contributed by atoms with E-state index in [4.69, 9.17) is 11.5 Å². The summed E-state index contributed by atoms with van der Waals surface area (Å²) in [5.74, 6) is 0. The first-order valence-corrected chi connectivity index (χ1v) is 4.86. The molecule has 1 aromatic rings. The van der Waals surface area contributed by atoms with E-state index in [2.05, 4.69) is 25.9 Å². The van der Waals surface area contributed by atoms with Gasteiger partial charge in [0.05, 0.1) is 5.69 Å². The lowest BCUT2D eigenvalue weighted by Crippen LogP contribution is -2.24. The van der Waals surface area contributed by atoms with Crippen LogP contribution in [0.3, 0.4) is 0 Å². The van der Waals surface area contributed by atoms with Gasteiger partial charge >= 0.3 is 0 Å². The van der Waals surface area contributed by atoms with E-state index in [-0.39, 0.29) is 11.5 Å². The minimum absolute atomic E-state index is 0.0172. The SMILES string of the molecule is Cn1cc(C(N)CN)c(C(C)(C)C)n1. The van der Waals surface area contributed by atoms with E-state index in [1.165, 1.54) is 0 Å². The molecule has 4 N–H and O–H groups in total. The molecule has 0 saturated heterocycles. The molecule has 1 rings (SSSR count). The van der Waals surface area contributed by atoms with E-state index in [0.717, 1.165) is 11.3 Å². The average Bonchev–Trinajstić information content (AvgIpc) is 2.45. The van der Waals surface area contributed by atoms with Crippen LogP contribution in [0.2, 0.25) is 0 Å². The van der Waals surface area contributed by atoms with Gasteiger partial charge in [-0.25, -0.2) is 0 Å². The van der Waals surface area contributed by atoms with Gasteiger partial charge in [-0.3, -0.25) is 4.68 Å². The summed E-state index contributed by atoms with van der Waals surface area (Å²) in [6, 6.07) is -0.113. The lowest BCUT2D eigenvalue weighted by Gasteiger charge is -2.19. The van der Waals surface area contributed by atoms with Crippen LogP contribution in [0.4, 0.5) is 0 Å². The highest BCUT2D eigenvalue weighted by Gasteiger charge is 2.24. The van der Waals surface area contributed by atoms with Gasteiger partial charge in [-0.2, -0.15) is 5.10 Å². The van der Waals surface area contributed by atoms with Crippen LogP contribution in [0.1, 0.15) is 38.1 Å². The maximum atomic E-state index is 5.93. The number of hydrogen-bond acceptors (Lipinski definition) is 3. The number of hydrogen-bond donors (Lipinski definition) is 2. The quantitative estimate of drug-likeness (QED) is 0.730. The molecule has 0 saturated carbocycles. The predicted molar refractivity (Wildman–Crippen MR) is 57.9 cm³/mol. The Kier molecular flexibility index (Phi) is 2.97. The molecule has 0 amide bonds. The van der Waals surface area contributed by atoms with Gasteiger partial charge in [-0.1, -0.05) is 20.8 Å². The Morgan fingerprint density at radius 3 is 2.50 bits per heavy atom. The van der Waals surface area contributed by atoms with Gasteiger partial charge in [0.1, 0.15) is 0 Å². The number of aromatic nitrogens is 2. The van der Waals surface area contributed by atoms with Crippen LogP contribution in [-0.2, 0) is 12.5 Å². The van der Waals surface area contributed by atoms with Crippen molar-refractivity contribution in [1.29, 1.82) is 0 Å². The molecule has 1 unspecified atom stereocenters. The van der Waals surface area contributed by atoms with E-state index < -0.39 is 0 Å². The van der Waals surface area contributed by atoms with Gasteiger partial charge < -0.3 is 11.5 Å². The molecule has 0 fully saturated rings.